The van der Waals surface area contributed by atoms with Crippen molar-refractivity contribution in [2.75, 3.05) is 6.61 Å². The van der Waals surface area contributed by atoms with Gasteiger partial charge in [-0.2, -0.15) is 0 Å². The number of benzene rings is 2. The molecule has 3 rings (SSSR count). The number of hydrogen-bond donors (Lipinski definition) is 5. The van der Waals surface area contributed by atoms with Crippen LogP contribution in [0.15, 0.2) is 48.5 Å². The molecule has 156 valence electrons. The van der Waals surface area contributed by atoms with Gasteiger partial charge in [-0.3, -0.25) is 4.79 Å². The van der Waals surface area contributed by atoms with Gasteiger partial charge >= 0.3 is 5.97 Å². The number of carboxylic acids is 1. The van der Waals surface area contributed by atoms with Crippen LogP contribution in [-0.4, -0.2) is 68.8 Å². The van der Waals surface area contributed by atoms with Crippen molar-refractivity contribution in [3.8, 4) is 11.1 Å². The topological polar surface area (TPSA) is 137 Å². The van der Waals surface area contributed by atoms with Gasteiger partial charge in [0.15, 0.2) is 6.29 Å². The molecule has 0 unspecified atom stereocenters. The number of hydrogen-bond acceptors (Lipinski definition) is 7. The lowest BCUT2D eigenvalue weighted by Gasteiger charge is -2.39. The highest BCUT2D eigenvalue weighted by Crippen LogP contribution is 2.25. The second-order valence-electron chi connectivity index (χ2n) is 6.98. The van der Waals surface area contributed by atoms with Crippen LogP contribution in [-0.2, 0) is 27.3 Å². The molecule has 1 heterocycles. The van der Waals surface area contributed by atoms with Crippen molar-refractivity contribution in [3.63, 3.8) is 0 Å². The van der Waals surface area contributed by atoms with Gasteiger partial charge in [0.05, 0.1) is 19.6 Å². The van der Waals surface area contributed by atoms with Crippen LogP contribution in [0.5, 0.6) is 0 Å². The van der Waals surface area contributed by atoms with E-state index in [4.69, 9.17) is 14.6 Å². The monoisotopic (exact) mass is 404 g/mol. The van der Waals surface area contributed by atoms with E-state index in [2.05, 4.69) is 0 Å². The number of carbonyl (C=O) groups is 1. The van der Waals surface area contributed by atoms with Gasteiger partial charge in [-0.15, -0.1) is 0 Å². The Morgan fingerprint density at radius 3 is 2.17 bits per heavy atom. The second kappa shape index (κ2) is 9.45. The Morgan fingerprint density at radius 1 is 0.931 bits per heavy atom. The van der Waals surface area contributed by atoms with Crippen molar-refractivity contribution < 1.29 is 39.8 Å². The lowest BCUT2D eigenvalue weighted by atomic mass is 9.99. The Morgan fingerprint density at radius 2 is 1.55 bits per heavy atom. The first-order chi connectivity index (χ1) is 13.9. The Bertz CT molecular complexity index is 837. The van der Waals surface area contributed by atoms with Crippen LogP contribution in [0.3, 0.4) is 0 Å². The minimum atomic E-state index is -1.49. The highest BCUT2D eigenvalue weighted by Gasteiger charge is 2.43. The zero-order valence-corrected chi connectivity index (χ0v) is 15.6. The molecule has 2 aromatic carbocycles. The molecule has 1 aliphatic heterocycles. The molecule has 5 N–H and O–H groups in total. The third kappa shape index (κ3) is 5.18. The van der Waals surface area contributed by atoms with Crippen LogP contribution in [0.25, 0.3) is 11.1 Å². The zero-order chi connectivity index (χ0) is 21.0. The van der Waals surface area contributed by atoms with Gasteiger partial charge in [-0.25, -0.2) is 0 Å². The third-order valence-electron chi connectivity index (χ3n) is 4.81. The molecular formula is C21H24O8. The average Bonchev–Trinajstić information content (AvgIpc) is 2.71. The standard InChI is InChI=1S/C21H24O8/c22-10-16-18(25)19(26)20(27)21(29-16)28-11-13-4-2-6-15(8-13)14-5-1-3-12(7-14)9-17(23)24/h1-8,16,18-22,25-27H,9-11H2,(H,23,24)/t16-,18-,19+,20+,21-/m1/s1. The van der Waals surface area contributed by atoms with E-state index in [0.717, 1.165) is 16.7 Å². The summed E-state index contributed by atoms with van der Waals surface area (Å²) in [6.45, 7) is -0.460. The van der Waals surface area contributed by atoms with E-state index in [0.29, 0.717) is 5.56 Å². The van der Waals surface area contributed by atoms with Gasteiger partial charge in [0.1, 0.15) is 24.4 Å². The van der Waals surface area contributed by atoms with E-state index in [-0.39, 0.29) is 13.0 Å². The van der Waals surface area contributed by atoms with E-state index in [9.17, 15) is 25.2 Å². The summed E-state index contributed by atoms with van der Waals surface area (Å²) in [4.78, 5) is 10.9. The van der Waals surface area contributed by atoms with Gasteiger partial charge in [0.25, 0.3) is 0 Å². The predicted octanol–water partition coefficient (Wildman–Crippen LogP) is 0.297. The van der Waals surface area contributed by atoms with Gasteiger partial charge in [-0.1, -0.05) is 42.5 Å². The fraction of sp³-hybridized carbons (Fsp3) is 0.381. The fourth-order valence-electron chi connectivity index (χ4n) is 3.26. The average molecular weight is 404 g/mol. The first kappa shape index (κ1) is 21.4. The molecule has 0 aromatic heterocycles. The molecule has 2 aromatic rings. The Labute approximate surface area is 167 Å². The fourth-order valence-corrected chi connectivity index (χ4v) is 3.26. The van der Waals surface area contributed by atoms with Gasteiger partial charge in [0, 0.05) is 0 Å². The molecule has 0 saturated carbocycles. The van der Waals surface area contributed by atoms with E-state index in [1.165, 1.54) is 0 Å². The van der Waals surface area contributed by atoms with Crippen molar-refractivity contribution in [3.05, 3.63) is 59.7 Å². The number of aliphatic carboxylic acids is 1. The van der Waals surface area contributed by atoms with E-state index >= 15 is 0 Å². The smallest absolute Gasteiger partial charge is 0.307 e. The summed E-state index contributed by atoms with van der Waals surface area (Å²) >= 11 is 0. The number of ether oxygens (including phenoxy) is 2. The third-order valence-corrected chi connectivity index (χ3v) is 4.81. The summed E-state index contributed by atoms with van der Waals surface area (Å²) in [5.74, 6) is -0.899. The van der Waals surface area contributed by atoms with E-state index < -0.39 is 43.3 Å². The summed E-state index contributed by atoms with van der Waals surface area (Å²) < 4.78 is 10.9. The van der Waals surface area contributed by atoms with Crippen LogP contribution in [0.4, 0.5) is 0 Å². The van der Waals surface area contributed by atoms with Crippen molar-refractivity contribution in [2.45, 2.75) is 43.7 Å². The summed E-state index contributed by atoms with van der Waals surface area (Å²) in [5.41, 5.74) is 3.19. The van der Waals surface area contributed by atoms with Crippen LogP contribution in [0.1, 0.15) is 11.1 Å². The highest BCUT2D eigenvalue weighted by atomic mass is 16.7. The molecule has 1 aliphatic rings. The first-order valence-electron chi connectivity index (χ1n) is 9.21. The summed E-state index contributed by atoms with van der Waals surface area (Å²) in [5, 5.41) is 47.9. The molecule has 0 bridgehead atoms. The molecule has 8 heteroatoms. The molecule has 5 atom stereocenters. The van der Waals surface area contributed by atoms with Crippen molar-refractivity contribution in [1.82, 2.24) is 0 Å². The van der Waals surface area contributed by atoms with Crippen molar-refractivity contribution in [1.29, 1.82) is 0 Å². The van der Waals surface area contributed by atoms with Crippen molar-refractivity contribution in [2.24, 2.45) is 0 Å². The molecule has 0 radical (unpaired) electrons. The highest BCUT2D eigenvalue weighted by molar-refractivity contribution is 5.72. The molecule has 0 amide bonds. The predicted molar refractivity (Wildman–Crippen MR) is 102 cm³/mol. The molecule has 29 heavy (non-hydrogen) atoms. The minimum absolute atomic E-state index is 0.0609. The van der Waals surface area contributed by atoms with Crippen molar-refractivity contribution >= 4 is 5.97 Å². The number of carboxylic acid groups (broad SMARTS) is 1. The maximum absolute atomic E-state index is 10.9. The summed E-state index contributed by atoms with van der Waals surface area (Å²) in [7, 11) is 0. The normalized spacial score (nSPS) is 27.0. The zero-order valence-electron chi connectivity index (χ0n) is 15.6. The maximum atomic E-state index is 10.9. The van der Waals surface area contributed by atoms with Gasteiger partial charge in [-0.05, 0) is 28.3 Å². The van der Waals surface area contributed by atoms with Crippen LogP contribution in [0.2, 0.25) is 0 Å². The van der Waals surface area contributed by atoms with Crippen LogP contribution in [0, 0.1) is 0 Å². The first-order valence-corrected chi connectivity index (χ1v) is 9.21. The Balaban J connectivity index is 1.70. The number of aliphatic hydroxyl groups is 4. The molecule has 1 fully saturated rings. The lowest BCUT2D eigenvalue weighted by Crippen LogP contribution is -2.59. The maximum Gasteiger partial charge on any atom is 0.307 e. The second-order valence-corrected chi connectivity index (χ2v) is 6.98. The molecule has 0 aliphatic carbocycles. The quantitative estimate of drug-likeness (QED) is 0.444. The van der Waals surface area contributed by atoms with Gasteiger partial charge in [0.2, 0.25) is 0 Å². The number of rotatable bonds is 7. The molecule has 0 spiro atoms. The largest absolute Gasteiger partial charge is 0.481 e. The Kier molecular flexibility index (Phi) is 6.96. The van der Waals surface area contributed by atoms with Crippen LogP contribution >= 0.6 is 0 Å². The molecule has 1 saturated heterocycles. The summed E-state index contributed by atoms with van der Waals surface area (Å²) in [6, 6.07) is 14.6. The van der Waals surface area contributed by atoms with Gasteiger partial charge < -0.3 is 35.0 Å². The minimum Gasteiger partial charge on any atom is -0.481 e. The Hall–Kier alpha value is -2.33. The van der Waals surface area contributed by atoms with E-state index in [1.807, 2.05) is 36.4 Å². The number of aliphatic hydroxyl groups excluding tert-OH is 4. The molecule has 8 nitrogen and oxygen atoms in total. The van der Waals surface area contributed by atoms with E-state index in [1.54, 1.807) is 12.1 Å². The lowest BCUT2D eigenvalue weighted by molar-refractivity contribution is -0.304. The SMILES string of the molecule is O=C(O)Cc1cccc(-c2cccc(CO[C@@H]3O[C@H](CO)[C@@H](O)[C@H](O)[C@@H]3O)c2)c1. The molecular weight excluding hydrogens is 380 g/mol. The summed E-state index contributed by atoms with van der Waals surface area (Å²) in [6.07, 6.45) is -6.67. The van der Waals surface area contributed by atoms with Crippen LogP contribution < -0.4 is 0 Å².